The van der Waals surface area contributed by atoms with Gasteiger partial charge in [0.1, 0.15) is 0 Å². The Labute approximate surface area is 161 Å². The summed E-state index contributed by atoms with van der Waals surface area (Å²) in [6, 6.07) is 7.49. The quantitative estimate of drug-likeness (QED) is 0.389. The SMILES string of the molecule is O=C(CCCn1[se]c2ccccc2c1=O)C[C@@H]1OC(CO)[C@@H](O)[C@H](O)C1O. The molecule has 0 saturated carbocycles. The molecule has 8 nitrogen and oxygen atoms in total. The van der Waals surface area contributed by atoms with E-state index in [2.05, 4.69) is 0 Å². The second kappa shape index (κ2) is 8.79. The van der Waals surface area contributed by atoms with Crippen LogP contribution in [0.25, 0.3) is 9.65 Å². The standard InChI is InChI=1S/C18H23NO7Se/c20-9-13-16(23)17(24)15(22)12(26-13)8-10(21)4-3-7-19-18(25)11-5-1-2-6-14(11)27-19/h1-2,5-6,12-13,15-17,20,22-24H,3-4,7-9H2/t12-,13?,15?,16+,17+/m0/s1. The third-order valence-corrected chi connectivity index (χ3v) is 7.14. The molecule has 1 fully saturated rings. The molecule has 4 N–H and O–H groups in total. The molecule has 1 aliphatic rings. The van der Waals surface area contributed by atoms with Crippen molar-refractivity contribution in [1.29, 1.82) is 0 Å². The first-order valence-electron chi connectivity index (χ1n) is 8.83. The molecule has 2 heterocycles. The van der Waals surface area contributed by atoms with E-state index in [9.17, 15) is 30.0 Å². The Hall–Kier alpha value is -1.32. The van der Waals surface area contributed by atoms with Crippen LogP contribution < -0.4 is 5.56 Å². The second-order valence-corrected chi connectivity index (χ2v) is 8.94. The number of nitrogens with zero attached hydrogens (tertiary/aromatic N) is 1. The summed E-state index contributed by atoms with van der Waals surface area (Å²) in [5, 5.41) is 39.4. The van der Waals surface area contributed by atoms with E-state index in [1.54, 1.807) is 3.56 Å². The summed E-state index contributed by atoms with van der Waals surface area (Å²) in [7, 11) is 0. The molecule has 5 atom stereocenters. The van der Waals surface area contributed by atoms with Crippen molar-refractivity contribution in [3.8, 4) is 0 Å². The van der Waals surface area contributed by atoms with Gasteiger partial charge in [-0.25, -0.2) is 0 Å². The number of carbonyl (C=O) groups is 1. The predicted octanol–water partition coefficient (Wildman–Crippen LogP) is -1.36. The summed E-state index contributed by atoms with van der Waals surface area (Å²) in [6.45, 7) is -0.0384. The third kappa shape index (κ3) is 4.41. The molecule has 2 aromatic rings. The van der Waals surface area contributed by atoms with Crippen LogP contribution in [0.15, 0.2) is 29.1 Å². The Kier molecular flexibility index (Phi) is 6.65. The number of aliphatic hydroxyl groups is 4. The molecule has 2 unspecified atom stereocenters. The van der Waals surface area contributed by atoms with Gasteiger partial charge in [0, 0.05) is 0 Å². The van der Waals surface area contributed by atoms with Crippen LogP contribution in [0, 0.1) is 0 Å². The predicted molar refractivity (Wildman–Crippen MR) is 97.8 cm³/mol. The van der Waals surface area contributed by atoms with Gasteiger partial charge in [0.05, 0.1) is 0 Å². The van der Waals surface area contributed by atoms with Crippen molar-refractivity contribution in [2.45, 2.75) is 56.3 Å². The molecule has 0 spiro atoms. The summed E-state index contributed by atoms with van der Waals surface area (Å²) >= 11 is -0.0754. The summed E-state index contributed by atoms with van der Waals surface area (Å²) in [5.41, 5.74) is -0.00742. The molecule has 1 aromatic carbocycles. The van der Waals surface area contributed by atoms with Gasteiger partial charge in [-0.15, -0.1) is 0 Å². The average Bonchev–Trinajstić information content (AvgIpc) is 2.98. The molecule has 1 aromatic heterocycles. The minimum atomic E-state index is -1.47. The number of aryl methyl sites for hydroxylation is 1. The van der Waals surface area contributed by atoms with E-state index in [1.165, 1.54) is 0 Å². The number of fused-ring (bicyclic) bond motifs is 1. The summed E-state index contributed by atoms with van der Waals surface area (Å²) < 4.78 is 8.15. The number of Topliss-reactive ketones (excluding diaryl/α,β-unsaturated/α-hetero) is 1. The van der Waals surface area contributed by atoms with Crippen LogP contribution in [0.4, 0.5) is 0 Å². The van der Waals surface area contributed by atoms with Gasteiger partial charge in [-0.2, -0.15) is 0 Å². The van der Waals surface area contributed by atoms with E-state index in [0.29, 0.717) is 13.0 Å². The zero-order valence-electron chi connectivity index (χ0n) is 14.6. The van der Waals surface area contributed by atoms with Gasteiger partial charge in [-0.1, -0.05) is 0 Å². The van der Waals surface area contributed by atoms with Crippen LogP contribution in [-0.4, -0.2) is 81.6 Å². The van der Waals surface area contributed by atoms with Gasteiger partial charge < -0.3 is 0 Å². The van der Waals surface area contributed by atoms with Crippen LogP contribution in [-0.2, 0) is 16.1 Å². The van der Waals surface area contributed by atoms with Gasteiger partial charge in [-0.3, -0.25) is 0 Å². The zero-order valence-corrected chi connectivity index (χ0v) is 16.3. The molecule has 1 aliphatic heterocycles. The number of aliphatic hydroxyl groups excluding tert-OH is 4. The molecule has 3 rings (SSSR count). The van der Waals surface area contributed by atoms with Gasteiger partial charge in [0.2, 0.25) is 0 Å². The Balaban J connectivity index is 1.53. The van der Waals surface area contributed by atoms with E-state index in [0.717, 1.165) is 9.65 Å². The number of carbonyl (C=O) groups excluding carboxylic acids is 1. The number of ether oxygens (including phenoxy) is 1. The van der Waals surface area contributed by atoms with Crippen molar-refractivity contribution in [2.75, 3.05) is 6.61 Å². The van der Waals surface area contributed by atoms with E-state index >= 15 is 0 Å². The molecule has 0 aliphatic carbocycles. The van der Waals surface area contributed by atoms with E-state index in [4.69, 9.17) is 4.74 Å². The maximum atomic E-state index is 12.3. The number of rotatable bonds is 7. The van der Waals surface area contributed by atoms with Crippen molar-refractivity contribution >= 4 is 30.2 Å². The van der Waals surface area contributed by atoms with Crippen molar-refractivity contribution in [3.63, 3.8) is 0 Å². The van der Waals surface area contributed by atoms with Crippen LogP contribution in [0.5, 0.6) is 0 Å². The fraction of sp³-hybridized carbons (Fsp3) is 0.556. The number of hydrogen-bond acceptors (Lipinski definition) is 7. The molecular weight excluding hydrogens is 421 g/mol. The van der Waals surface area contributed by atoms with Crippen molar-refractivity contribution < 1.29 is 30.0 Å². The van der Waals surface area contributed by atoms with Crippen LogP contribution in [0.1, 0.15) is 19.3 Å². The fourth-order valence-corrected chi connectivity index (χ4v) is 5.42. The summed E-state index contributed by atoms with van der Waals surface area (Å²) in [6.07, 6.45) is -5.70. The average molecular weight is 444 g/mol. The molecule has 27 heavy (non-hydrogen) atoms. The third-order valence-electron chi connectivity index (χ3n) is 4.79. The molecule has 0 radical (unpaired) electrons. The Morgan fingerprint density at radius 1 is 1.11 bits per heavy atom. The van der Waals surface area contributed by atoms with E-state index in [-0.39, 0.29) is 38.9 Å². The molecular formula is C18H23NO7Se. The zero-order chi connectivity index (χ0) is 19.6. The molecule has 1 saturated heterocycles. The van der Waals surface area contributed by atoms with E-state index in [1.807, 2.05) is 24.3 Å². The van der Waals surface area contributed by atoms with Crippen molar-refractivity contribution in [1.82, 2.24) is 3.56 Å². The number of ketones is 1. The number of aromatic nitrogens is 1. The first-order valence-corrected chi connectivity index (χ1v) is 10.5. The molecule has 148 valence electrons. The van der Waals surface area contributed by atoms with Gasteiger partial charge in [-0.05, 0) is 0 Å². The van der Waals surface area contributed by atoms with Crippen molar-refractivity contribution in [2.24, 2.45) is 0 Å². The fourth-order valence-electron chi connectivity index (χ4n) is 3.26. The van der Waals surface area contributed by atoms with E-state index < -0.39 is 37.1 Å². The van der Waals surface area contributed by atoms with Gasteiger partial charge in [0.25, 0.3) is 0 Å². The Morgan fingerprint density at radius 2 is 1.81 bits per heavy atom. The molecule has 0 bridgehead atoms. The second-order valence-electron chi connectivity index (χ2n) is 6.71. The van der Waals surface area contributed by atoms with Crippen LogP contribution >= 0.6 is 0 Å². The van der Waals surface area contributed by atoms with Gasteiger partial charge >= 0.3 is 161 Å². The normalized spacial score (nSPS) is 28.5. The molecule has 0 amide bonds. The monoisotopic (exact) mass is 445 g/mol. The minimum absolute atomic E-state index is 0.00742. The van der Waals surface area contributed by atoms with Gasteiger partial charge in [0.15, 0.2) is 0 Å². The number of hydrogen-bond donors (Lipinski definition) is 4. The maximum absolute atomic E-state index is 12.3. The summed E-state index contributed by atoms with van der Waals surface area (Å²) in [5.74, 6) is -0.170. The summed E-state index contributed by atoms with van der Waals surface area (Å²) in [4.78, 5) is 24.5. The first kappa shape index (κ1) is 20.4. The Bertz CT molecular complexity index is 846. The molecule has 9 heteroatoms. The Morgan fingerprint density at radius 3 is 2.52 bits per heavy atom. The van der Waals surface area contributed by atoms with Crippen LogP contribution in [0.3, 0.4) is 0 Å². The van der Waals surface area contributed by atoms with Crippen molar-refractivity contribution in [3.05, 3.63) is 34.6 Å². The topological polar surface area (TPSA) is 129 Å². The first-order chi connectivity index (χ1) is 12.9. The van der Waals surface area contributed by atoms with Crippen LogP contribution in [0.2, 0.25) is 0 Å². The number of benzene rings is 1.